The van der Waals surface area contributed by atoms with Gasteiger partial charge in [0.25, 0.3) is 0 Å². The van der Waals surface area contributed by atoms with Gasteiger partial charge in [0, 0.05) is 25.4 Å². The molecular weight excluding hydrogens is 210 g/mol. The fourth-order valence-electron chi connectivity index (χ4n) is 1.78. The van der Waals surface area contributed by atoms with E-state index in [9.17, 15) is 4.79 Å². The molecule has 2 heterocycles. The van der Waals surface area contributed by atoms with Gasteiger partial charge in [-0.15, -0.1) is 0 Å². The van der Waals surface area contributed by atoms with Crippen LogP contribution in [0.4, 0.5) is 0 Å². The fraction of sp³-hybridized carbons (Fsp3) is 0.600. The number of methoxy groups -OCH3 is 1. The third kappa shape index (κ3) is 2.07. The number of rotatable bonds is 2. The molecule has 1 aromatic heterocycles. The molecule has 1 saturated heterocycles. The average Bonchev–Trinajstić information content (AvgIpc) is 2.71. The van der Waals surface area contributed by atoms with Crippen molar-refractivity contribution < 1.29 is 14.3 Å². The lowest BCUT2D eigenvalue weighted by molar-refractivity contribution is 0.0580. The van der Waals surface area contributed by atoms with Crippen molar-refractivity contribution in [1.82, 2.24) is 15.1 Å². The fourth-order valence-corrected chi connectivity index (χ4v) is 1.78. The van der Waals surface area contributed by atoms with Crippen LogP contribution in [0.3, 0.4) is 0 Å². The van der Waals surface area contributed by atoms with Crippen LogP contribution >= 0.6 is 0 Å². The minimum Gasteiger partial charge on any atom is -0.464 e. The van der Waals surface area contributed by atoms with Gasteiger partial charge in [-0.3, -0.25) is 4.68 Å². The zero-order chi connectivity index (χ0) is 11.5. The van der Waals surface area contributed by atoms with Crippen LogP contribution in [0.15, 0.2) is 6.20 Å². The largest absolute Gasteiger partial charge is 0.464 e. The van der Waals surface area contributed by atoms with Crippen molar-refractivity contribution in [3.05, 3.63) is 17.5 Å². The van der Waals surface area contributed by atoms with Crippen molar-refractivity contribution in [3.8, 4) is 0 Å². The lowest BCUT2D eigenvalue weighted by Crippen LogP contribution is -2.35. The lowest BCUT2D eigenvalue weighted by atomic mass is 10.1. The first-order valence-electron chi connectivity index (χ1n) is 5.15. The molecule has 6 heteroatoms. The standard InChI is InChI=1S/C10H15N3O3/c1-13-5-7(8-6-16-4-3-11-8)9(12-13)10(14)15-2/h5,8,11H,3-4,6H2,1-2H3. The summed E-state index contributed by atoms with van der Waals surface area (Å²) in [6.45, 7) is 2.03. The number of aromatic nitrogens is 2. The van der Waals surface area contributed by atoms with Crippen molar-refractivity contribution in [3.63, 3.8) is 0 Å². The third-order valence-electron chi connectivity index (χ3n) is 2.53. The number of esters is 1. The van der Waals surface area contributed by atoms with Gasteiger partial charge in [-0.25, -0.2) is 4.79 Å². The molecule has 16 heavy (non-hydrogen) atoms. The summed E-state index contributed by atoms with van der Waals surface area (Å²) in [5.41, 5.74) is 1.18. The lowest BCUT2D eigenvalue weighted by Gasteiger charge is -2.23. The molecule has 6 nitrogen and oxygen atoms in total. The van der Waals surface area contributed by atoms with E-state index < -0.39 is 5.97 Å². The minimum atomic E-state index is -0.414. The highest BCUT2D eigenvalue weighted by atomic mass is 16.5. The minimum absolute atomic E-state index is 0.0107. The monoisotopic (exact) mass is 225 g/mol. The summed E-state index contributed by atoms with van der Waals surface area (Å²) in [7, 11) is 3.13. The SMILES string of the molecule is COC(=O)c1nn(C)cc1C1COCCN1. The Labute approximate surface area is 93.5 Å². The van der Waals surface area contributed by atoms with Crippen molar-refractivity contribution in [2.45, 2.75) is 6.04 Å². The van der Waals surface area contributed by atoms with E-state index in [2.05, 4.69) is 10.4 Å². The second-order valence-corrected chi connectivity index (χ2v) is 3.68. The van der Waals surface area contributed by atoms with Crippen LogP contribution in [0.25, 0.3) is 0 Å². The Hall–Kier alpha value is -1.40. The summed E-state index contributed by atoms with van der Waals surface area (Å²) in [6, 6.07) is 0.0107. The van der Waals surface area contributed by atoms with Crippen LogP contribution in [0.1, 0.15) is 22.1 Å². The molecule has 88 valence electrons. The molecule has 1 fully saturated rings. The number of carbonyl (C=O) groups excluding carboxylic acids is 1. The number of aryl methyl sites for hydroxylation is 1. The highest BCUT2D eigenvalue weighted by Gasteiger charge is 2.25. The Bertz CT molecular complexity index is 383. The second kappa shape index (κ2) is 4.63. The van der Waals surface area contributed by atoms with Gasteiger partial charge < -0.3 is 14.8 Å². The number of hydrogen-bond donors (Lipinski definition) is 1. The van der Waals surface area contributed by atoms with E-state index in [-0.39, 0.29) is 6.04 Å². The number of hydrogen-bond acceptors (Lipinski definition) is 5. The zero-order valence-electron chi connectivity index (χ0n) is 9.40. The van der Waals surface area contributed by atoms with Gasteiger partial charge in [-0.05, 0) is 0 Å². The zero-order valence-corrected chi connectivity index (χ0v) is 9.40. The smallest absolute Gasteiger partial charge is 0.358 e. The van der Waals surface area contributed by atoms with Crippen molar-refractivity contribution in [2.24, 2.45) is 7.05 Å². The number of carbonyl (C=O) groups is 1. The number of ether oxygens (including phenoxy) is 2. The number of nitrogens with zero attached hydrogens (tertiary/aromatic N) is 2. The molecule has 1 aliphatic rings. The Morgan fingerprint density at radius 1 is 1.75 bits per heavy atom. The molecular formula is C10H15N3O3. The molecule has 0 bridgehead atoms. The first-order chi connectivity index (χ1) is 7.72. The molecule has 0 aliphatic carbocycles. The molecule has 0 saturated carbocycles. The van der Waals surface area contributed by atoms with Crippen LogP contribution in [0.5, 0.6) is 0 Å². The highest BCUT2D eigenvalue weighted by Crippen LogP contribution is 2.19. The molecule has 1 aromatic rings. The molecule has 1 aliphatic heterocycles. The van der Waals surface area contributed by atoms with Crippen LogP contribution in [-0.4, -0.2) is 42.6 Å². The molecule has 2 rings (SSSR count). The average molecular weight is 225 g/mol. The first kappa shape index (κ1) is 11.1. The van der Waals surface area contributed by atoms with Gasteiger partial charge in [-0.1, -0.05) is 0 Å². The number of nitrogens with one attached hydrogen (secondary N) is 1. The first-order valence-corrected chi connectivity index (χ1v) is 5.15. The summed E-state index contributed by atoms with van der Waals surface area (Å²) in [6.07, 6.45) is 1.82. The van der Waals surface area contributed by atoms with Gasteiger partial charge in [0.1, 0.15) is 0 Å². The van der Waals surface area contributed by atoms with E-state index in [0.29, 0.717) is 18.9 Å². The Balaban J connectivity index is 2.27. The Morgan fingerprint density at radius 3 is 3.19 bits per heavy atom. The molecule has 1 N–H and O–H groups in total. The molecule has 0 radical (unpaired) electrons. The highest BCUT2D eigenvalue weighted by molar-refractivity contribution is 5.88. The second-order valence-electron chi connectivity index (χ2n) is 3.68. The normalized spacial score (nSPS) is 20.8. The van der Waals surface area contributed by atoms with Gasteiger partial charge in [0.2, 0.25) is 0 Å². The number of morpholine rings is 1. The van der Waals surface area contributed by atoms with Gasteiger partial charge in [-0.2, -0.15) is 5.10 Å². The van der Waals surface area contributed by atoms with Crippen LogP contribution in [0.2, 0.25) is 0 Å². The summed E-state index contributed by atoms with van der Waals surface area (Å²) >= 11 is 0. The quantitative estimate of drug-likeness (QED) is 0.710. The third-order valence-corrected chi connectivity index (χ3v) is 2.53. The maximum absolute atomic E-state index is 11.5. The van der Waals surface area contributed by atoms with Crippen molar-refractivity contribution in [1.29, 1.82) is 0 Å². The van der Waals surface area contributed by atoms with Gasteiger partial charge in [0.15, 0.2) is 5.69 Å². The van der Waals surface area contributed by atoms with E-state index in [4.69, 9.17) is 9.47 Å². The molecule has 1 atom stereocenters. The van der Waals surface area contributed by atoms with Gasteiger partial charge >= 0.3 is 5.97 Å². The van der Waals surface area contributed by atoms with Crippen LogP contribution in [-0.2, 0) is 16.5 Å². The Kier molecular flexibility index (Phi) is 3.21. The van der Waals surface area contributed by atoms with E-state index in [1.165, 1.54) is 7.11 Å². The topological polar surface area (TPSA) is 65.4 Å². The molecule has 0 spiro atoms. The van der Waals surface area contributed by atoms with Gasteiger partial charge in [0.05, 0.1) is 26.4 Å². The van der Waals surface area contributed by atoms with Crippen LogP contribution in [0, 0.1) is 0 Å². The predicted octanol–water partition coefficient (Wildman–Crippen LogP) is -0.132. The van der Waals surface area contributed by atoms with Crippen molar-refractivity contribution in [2.75, 3.05) is 26.9 Å². The van der Waals surface area contributed by atoms with E-state index in [1.807, 2.05) is 6.20 Å². The summed E-state index contributed by atoms with van der Waals surface area (Å²) in [5.74, 6) is -0.414. The molecule has 1 unspecified atom stereocenters. The van der Waals surface area contributed by atoms with E-state index >= 15 is 0 Å². The summed E-state index contributed by atoms with van der Waals surface area (Å²) in [4.78, 5) is 11.5. The Morgan fingerprint density at radius 2 is 2.56 bits per heavy atom. The summed E-state index contributed by atoms with van der Waals surface area (Å²) in [5, 5.41) is 7.39. The maximum Gasteiger partial charge on any atom is 0.358 e. The van der Waals surface area contributed by atoms with Crippen LogP contribution < -0.4 is 5.32 Å². The van der Waals surface area contributed by atoms with E-state index in [1.54, 1.807) is 11.7 Å². The predicted molar refractivity (Wildman–Crippen MR) is 56.1 cm³/mol. The summed E-state index contributed by atoms with van der Waals surface area (Å²) < 4.78 is 11.7. The van der Waals surface area contributed by atoms with Crippen molar-refractivity contribution >= 4 is 5.97 Å². The maximum atomic E-state index is 11.5. The van der Waals surface area contributed by atoms with E-state index in [0.717, 1.165) is 12.1 Å². The molecule has 0 amide bonds. The molecule has 0 aromatic carbocycles.